The van der Waals surface area contributed by atoms with Crippen LogP contribution in [0.2, 0.25) is 0 Å². The Labute approximate surface area is 183 Å². The van der Waals surface area contributed by atoms with Gasteiger partial charge in [0, 0.05) is 23.3 Å². The number of carboxylic acid groups (broad SMARTS) is 1. The van der Waals surface area contributed by atoms with Gasteiger partial charge < -0.3 is 24.1 Å². The molecule has 0 radical (unpaired) electrons. The molecule has 0 saturated heterocycles. The molecule has 0 amide bonds. The van der Waals surface area contributed by atoms with E-state index in [2.05, 4.69) is 15.2 Å². The number of rotatable bonds is 9. The second-order valence-corrected chi connectivity index (χ2v) is 7.10. The van der Waals surface area contributed by atoms with Gasteiger partial charge in [-0.05, 0) is 42.1 Å². The van der Waals surface area contributed by atoms with E-state index in [1.54, 1.807) is 57.7 Å². The van der Waals surface area contributed by atoms with E-state index in [0.717, 1.165) is 11.8 Å². The van der Waals surface area contributed by atoms with Crippen molar-refractivity contribution in [2.45, 2.75) is 5.16 Å². The summed E-state index contributed by atoms with van der Waals surface area (Å²) in [7, 11) is 6.15. The zero-order chi connectivity index (χ0) is 22.4. The third-order valence-corrected chi connectivity index (χ3v) is 5.11. The number of carboxylic acids is 1. The quantitative estimate of drug-likeness (QED) is 0.377. The second kappa shape index (κ2) is 9.90. The molecule has 0 unspecified atom stereocenters. The van der Waals surface area contributed by atoms with Crippen LogP contribution in [0.4, 0.5) is 0 Å². The molecule has 9 nitrogen and oxygen atoms in total. The first-order valence-corrected chi connectivity index (χ1v) is 9.79. The van der Waals surface area contributed by atoms with Crippen LogP contribution >= 0.6 is 11.8 Å². The Hall–Kier alpha value is -3.66. The summed E-state index contributed by atoms with van der Waals surface area (Å²) >= 11 is 0.915. The highest BCUT2D eigenvalue weighted by Crippen LogP contribution is 2.33. The Morgan fingerprint density at radius 3 is 2.23 bits per heavy atom. The van der Waals surface area contributed by atoms with Crippen LogP contribution in [0.5, 0.6) is 23.0 Å². The molecular weight excluding hydrogens is 422 g/mol. The van der Waals surface area contributed by atoms with E-state index in [9.17, 15) is 9.90 Å². The fourth-order valence-corrected chi connectivity index (χ4v) is 3.38. The van der Waals surface area contributed by atoms with Gasteiger partial charge in [-0.25, -0.2) is 9.78 Å². The fraction of sp³-hybridized carbons (Fsp3) is 0.190. The van der Waals surface area contributed by atoms with Gasteiger partial charge >= 0.3 is 5.97 Å². The summed E-state index contributed by atoms with van der Waals surface area (Å²) in [5.41, 5.74) is 1.27. The SMILES string of the molecule is COc1cc(OC)cc(-c2nc(S/C(=C\c3ccc(OC)cc3OC)C(=O)O)n[nH]2)c1. The van der Waals surface area contributed by atoms with Crippen molar-refractivity contribution in [1.82, 2.24) is 15.2 Å². The zero-order valence-electron chi connectivity index (χ0n) is 17.3. The van der Waals surface area contributed by atoms with Crippen molar-refractivity contribution in [3.05, 3.63) is 46.9 Å². The monoisotopic (exact) mass is 443 g/mol. The van der Waals surface area contributed by atoms with Crippen LogP contribution in [0.15, 0.2) is 46.5 Å². The minimum Gasteiger partial charge on any atom is -0.497 e. The number of hydrogen-bond acceptors (Lipinski definition) is 8. The topological polar surface area (TPSA) is 116 Å². The molecule has 3 rings (SSSR count). The van der Waals surface area contributed by atoms with E-state index in [-0.39, 0.29) is 10.1 Å². The minimum absolute atomic E-state index is 0.0252. The third-order valence-electron chi connectivity index (χ3n) is 4.23. The van der Waals surface area contributed by atoms with Gasteiger partial charge in [-0.3, -0.25) is 5.10 Å². The number of carbonyl (C=O) groups is 1. The number of methoxy groups -OCH3 is 4. The van der Waals surface area contributed by atoms with Crippen molar-refractivity contribution in [2.24, 2.45) is 0 Å². The molecule has 0 aliphatic heterocycles. The van der Waals surface area contributed by atoms with Crippen LogP contribution in [0.1, 0.15) is 5.56 Å². The van der Waals surface area contributed by atoms with Gasteiger partial charge in [-0.2, -0.15) is 0 Å². The summed E-state index contributed by atoms with van der Waals surface area (Å²) in [5, 5.41) is 16.9. The number of benzene rings is 2. The van der Waals surface area contributed by atoms with E-state index in [4.69, 9.17) is 18.9 Å². The summed E-state index contributed by atoms with van der Waals surface area (Å²) in [6.45, 7) is 0. The van der Waals surface area contributed by atoms with Gasteiger partial charge in [0.15, 0.2) is 5.82 Å². The molecule has 31 heavy (non-hydrogen) atoms. The maximum Gasteiger partial charge on any atom is 0.342 e. The molecule has 3 aromatic rings. The molecule has 1 heterocycles. The molecule has 0 spiro atoms. The molecule has 1 aromatic heterocycles. The van der Waals surface area contributed by atoms with Crippen molar-refractivity contribution in [1.29, 1.82) is 0 Å². The van der Waals surface area contributed by atoms with Crippen molar-refractivity contribution >= 4 is 23.8 Å². The smallest absolute Gasteiger partial charge is 0.342 e. The molecule has 0 aliphatic rings. The molecule has 0 saturated carbocycles. The Morgan fingerprint density at radius 2 is 1.65 bits per heavy atom. The van der Waals surface area contributed by atoms with Crippen molar-refractivity contribution in [3.63, 3.8) is 0 Å². The highest BCUT2D eigenvalue weighted by Gasteiger charge is 2.16. The van der Waals surface area contributed by atoms with E-state index >= 15 is 0 Å². The lowest BCUT2D eigenvalue weighted by atomic mass is 10.1. The van der Waals surface area contributed by atoms with E-state index in [1.165, 1.54) is 13.2 Å². The van der Waals surface area contributed by atoms with Crippen LogP contribution in [-0.4, -0.2) is 54.7 Å². The fourth-order valence-electron chi connectivity index (χ4n) is 2.68. The molecule has 10 heteroatoms. The second-order valence-electron chi connectivity index (χ2n) is 6.09. The molecule has 0 atom stereocenters. The number of aromatic amines is 1. The lowest BCUT2D eigenvalue weighted by Gasteiger charge is -2.08. The van der Waals surface area contributed by atoms with Crippen LogP contribution in [0.3, 0.4) is 0 Å². The number of thioether (sulfide) groups is 1. The number of nitrogens with one attached hydrogen (secondary N) is 1. The Bertz CT molecular complexity index is 1090. The van der Waals surface area contributed by atoms with Crippen LogP contribution in [-0.2, 0) is 4.79 Å². The molecule has 0 bridgehead atoms. The highest BCUT2D eigenvalue weighted by atomic mass is 32.2. The highest BCUT2D eigenvalue weighted by molar-refractivity contribution is 8.04. The number of aliphatic carboxylic acids is 1. The summed E-state index contributed by atoms with van der Waals surface area (Å²) < 4.78 is 21.1. The first-order chi connectivity index (χ1) is 15.0. The number of aromatic nitrogens is 3. The Kier molecular flexibility index (Phi) is 7.03. The largest absolute Gasteiger partial charge is 0.497 e. The predicted molar refractivity (Wildman–Crippen MR) is 116 cm³/mol. The normalized spacial score (nSPS) is 11.2. The average molecular weight is 443 g/mol. The molecule has 0 aliphatic carbocycles. The van der Waals surface area contributed by atoms with Gasteiger partial charge in [0.1, 0.15) is 27.9 Å². The summed E-state index contributed by atoms with van der Waals surface area (Å²) in [5.74, 6) is 1.61. The first kappa shape index (κ1) is 22.0. The number of ether oxygens (including phenoxy) is 4. The van der Waals surface area contributed by atoms with Gasteiger partial charge in [0.2, 0.25) is 5.16 Å². The third kappa shape index (κ3) is 5.28. The van der Waals surface area contributed by atoms with Crippen LogP contribution in [0.25, 0.3) is 17.5 Å². The van der Waals surface area contributed by atoms with Gasteiger partial charge in [0.05, 0.1) is 28.4 Å². The van der Waals surface area contributed by atoms with Crippen molar-refractivity contribution in [2.75, 3.05) is 28.4 Å². The van der Waals surface area contributed by atoms with E-state index in [1.807, 2.05) is 0 Å². The van der Waals surface area contributed by atoms with Gasteiger partial charge in [-0.1, -0.05) is 0 Å². The standard InChI is InChI=1S/C21H21N3O6S/c1-27-14-6-5-12(17(11-14)30-4)9-18(20(25)26)31-21-22-19(23-24-21)13-7-15(28-2)10-16(8-13)29-3/h5-11H,1-4H3,(H,25,26)(H,22,23,24)/b18-9-. The number of nitrogens with zero attached hydrogens (tertiary/aromatic N) is 2. The molecule has 2 N–H and O–H groups in total. The van der Waals surface area contributed by atoms with E-state index in [0.29, 0.717) is 39.9 Å². The Balaban J connectivity index is 1.90. The molecule has 0 fully saturated rings. The Morgan fingerprint density at radius 1 is 0.968 bits per heavy atom. The number of hydrogen-bond donors (Lipinski definition) is 2. The average Bonchev–Trinajstić information content (AvgIpc) is 3.26. The summed E-state index contributed by atoms with van der Waals surface area (Å²) in [6, 6.07) is 10.4. The summed E-state index contributed by atoms with van der Waals surface area (Å²) in [4.78, 5) is 16.2. The van der Waals surface area contributed by atoms with Crippen molar-refractivity contribution < 1.29 is 28.8 Å². The predicted octanol–water partition coefficient (Wildman–Crippen LogP) is 3.72. The minimum atomic E-state index is -1.11. The first-order valence-electron chi connectivity index (χ1n) is 8.98. The van der Waals surface area contributed by atoms with Crippen LogP contribution < -0.4 is 18.9 Å². The van der Waals surface area contributed by atoms with Crippen molar-refractivity contribution in [3.8, 4) is 34.4 Å². The maximum atomic E-state index is 11.8. The van der Waals surface area contributed by atoms with Gasteiger partial charge in [-0.15, -0.1) is 5.10 Å². The molecular formula is C21H21N3O6S. The maximum absolute atomic E-state index is 11.8. The molecule has 2 aromatic carbocycles. The zero-order valence-corrected chi connectivity index (χ0v) is 18.1. The molecule has 162 valence electrons. The summed E-state index contributed by atoms with van der Waals surface area (Å²) in [6.07, 6.45) is 1.50. The van der Waals surface area contributed by atoms with Gasteiger partial charge in [0.25, 0.3) is 0 Å². The van der Waals surface area contributed by atoms with E-state index < -0.39 is 5.97 Å². The lowest BCUT2D eigenvalue weighted by molar-refractivity contribution is -0.131. The lowest BCUT2D eigenvalue weighted by Crippen LogP contribution is -1.98. The van der Waals surface area contributed by atoms with Crippen LogP contribution in [0, 0.1) is 0 Å². The number of H-pyrrole nitrogens is 1.